The molecule has 1 aromatic heterocycles. The zero-order chi connectivity index (χ0) is 14.4. The van der Waals surface area contributed by atoms with Crippen molar-refractivity contribution < 1.29 is 9.53 Å². The third-order valence-electron chi connectivity index (χ3n) is 2.71. The van der Waals surface area contributed by atoms with Gasteiger partial charge in [-0.05, 0) is 30.3 Å². The van der Waals surface area contributed by atoms with E-state index in [2.05, 4.69) is 31.5 Å². The first-order valence-electron chi connectivity index (χ1n) is 6.25. The van der Waals surface area contributed by atoms with Gasteiger partial charge < -0.3 is 15.4 Å². The zero-order valence-electron chi connectivity index (χ0n) is 11.1. The Morgan fingerprint density at radius 1 is 1.35 bits per heavy atom. The molecule has 2 rings (SSSR count). The second-order valence-electron chi connectivity index (χ2n) is 4.23. The van der Waals surface area contributed by atoms with Gasteiger partial charge in [-0.1, -0.05) is 15.9 Å². The molecule has 6 heteroatoms. The molecule has 0 aliphatic rings. The molecule has 2 aromatic rings. The van der Waals surface area contributed by atoms with Gasteiger partial charge in [0.15, 0.2) is 0 Å². The molecule has 1 aromatic carbocycles. The first-order valence-corrected chi connectivity index (χ1v) is 7.04. The van der Waals surface area contributed by atoms with Crippen molar-refractivity contribution in [2.24, 2.45) is 0 Å². The van der Waals surface area contributed by atoms with Crippen LogP contribution in [0.5, 0.6) is 0 Å². The Kier molecular flexibility index (Phi) is 5.31. The number of fused-ring (bicyclic) bond motifs is 1. The number of pyridine rings is 1. The quantitative estimate of drug-likeness (QED) is 0.793. The lowest BCUT2D eigenvalue weighted by molar-refractivity contribution is -0.119. The van der Waals surface area contributed by atoms with E-state index in [1.54, 1.807) is 7.11 Å². The number of carbonyl (C=O) groups excluding carboxylic acids is 1. The number of hydrogen-bond acceptors (Lipinski definition) is 4. The Balaban J connectivity index is 1.93. The van der Waals surface area contributed by atoms with E-state index in [1.807, 2.05) is 30.3 Å². The first-order chi connectivity index (χ1) is 9.69. The molecular weight excluding hydrogens is 322 g/mol. The summed E-state index contributed by atoms with van der Waals surface area (Å²) in [5, 5.41) is 6.79. The summed E-state index contributed by atoms with van der Waals surface area (Å²) in [6, 6.07) is 9.71. The van der Waals surface area contributed by atoms with Crippen molar-refractivity contribution in [1.82, 2.24) is 10.3 Å². The maximum atomic E-state index is 11.5. The van der Waals surface area contributed by atoms with Crippen molar-refractivity contribution in [3.63, 3.8) is 0 Å². The highest BCUT2D eigenvalue weighted by Crippen LogP contribution is 2.19. The van der Waals surface area contributed by atoms with Crippen LogP contribution in [0, 0.1) is 0 Å². The fraction of sp³-hybridized carbons (Fsp3) is 0.286. The monoisotopic (exact) mass is 337 g/mol. The van der Waals surface area contributed by atoms with Gasteiger partial charge in [-0.2, -0.15) is 0 Å². The molecule has 0 spiro atoms. The van der Waals surface area contributed by atoms with Crippen LogP contribution >= 0.6 is 15.9 Å². The molecule has 0 saturated heterocycles. The number of benzene rings is 1. The molecule has 0 aliphatic carbocycles. The van der Waals surface area contributed by atoms with Crippen LogP contribution < -0.4 is 10.6 Å². The van der Waals surface area contributed by atoms with Crippen LogP contribution in [0.1, 0.15) is 0 Å². The zero-order valence-corrected chi connectivity index (χ0v) is 12.7. The van der Waals surface area contributed by atoms with Gasteiger partial charge in [-0.25, -0.2) is 4.98 Å². The minimum absolute atomic E-state index is 0.0836. The van der Waals surface area contributed by atoms with Gasteiger partial charge in [0.25, 0.3) is 0 Å². The lowest BCUT2D eigenvalue weighted by Gasteiger charge is -2.07. The van der Waals surface area contributed by atoms with Gasteiger partial charge >= 0.3 is 0 Å². The number of hydrogen-bond donors (Lipinski definition) is 2. The summed E-state index contributed by atoms with van der Waals surface area (Å²) < 4.78 is 5.88. The largest absolute Gasteiger partial charge is 0.383 e. The van der Waals surface area contributed by atoms with E-state index >= 15 is 0 Å². The maximum Gasteiger partial charge on any atom is 0.239 e. The molecule has 1 amide bonds. The average molecular weight is 338 g/mol. The lowest BCUT2D eigenvalue weighted by Crippen LogP contribution is -2.32. The normalized spacial score (nSPS) is 10.5. The molecule has 1 heterocycles. The van der Waals surface area contributed by atoms with E-state index < -0.39 is 0 Å². The third-order valence-corrected chi connectivity index (χ3v) is 3.20. The number of ether oxygens (including phenoxy) is 1. The van der Waals surface area contributed by atoms with E-state index in [1.165, 1.54) is 0 Å². The lowest BCUT2D eigenvalue weighted by atomic mass is 10.2. The summed E-state index contributed by atoms with van der Waals surface area (Å²) in [7, 11) is 1.60. The van der Waals surface area contributed by atoms with E-state index in [0.29, 0.717) is 19.0 Å². The molecular formula is C14H16BrN3O2. The predicted molar refractivity (Wildman–Crippen MR) is 82.8 cm³/mol. The Labute approximate surface area is 125 Å². The highest BCUT2D eigenvalue weighted by molar-refractivity contribution is 9.10. The smallest absolute Gasteiger partial charge is 0.239 e. The standard InChI is InChI=1S/C14H16BrN3O2/c1-20-7-6-16-14(19)9-17-13-5-2-10-8-11(15)3-4-12(10)18-13/h2-5,8H,6-7,9H2,1H3,(H,16,19)(H,17,18). The molecule has 20 heavy (non-hydrogen) atoms. The van der Waals surface area contributed by atoms with Crippen molar-refractivity contribution in [3.8, 4) is 0 Å². The number of aromatic nitrogens is 1. The molecule has 0 radical (unpaired) electrons. The van der Waals surface area contributed by atoms with Gasteiger partial charge in [0.05, 0.1) is 18.7 Å². The maximum absolute atomic E-state index is 11.5. The Bertz CT molecular complexity index is 604. The Morgan fingerprint density at radius 2 is 2.20 bits per heavy atom. The van der Waals surface area contributed by atoms with E-state index in [4.69, 9.17) is 4.74 Å². The van der Waals surface area contributed by atoms with Crippen LogP contribution in [-0.2, 0) is 9.53 Å². The number of rotatable bonds is 6. The van der Waals surface area contributed by atoms with Crippen molar-refractivity contribution >= 4 is 38.6 Å². The van der Waals surface area contributed by atoms with E-state index in [0.717, 1.165) is 15.4 Å². The van der Waals surface area contributed by atoms with Crippen LogP contribution in [0.25, 0.3) is 10.9 Å². The fourth-order valence-corrected chi connectivity index (χ4v) is 2.10. The summed E-state index contributed by atoms with van der Waals surface area (Å²) in [6.07, 6.45) is 0. The van der Waals surface area contributed by atoms with E-state index in [-0.39, 0.29) is 12.5 Å². The number of halogens is 1. The van der Waals surface area contributed by atoms with Gasteiger partial charge in [0.2, 0.25) is 5.91 Å². The molecule has 0 bridgehead atoms. The second-order valence-corrected chi connectivity index (χ2v) is 5.15. The number of nitrogens with one attached hydrogen (secondary N) is 2. The molecule has 2 N–H and O–H groups in total. The number of methoxy groups -OCH3 is 1. The Hall–Kier alpha value is -1.66. The van der Waals surface area contributed by atoms with Crippen LogP contribution in [0.4, 0.5) is 5.82 Å². The van der Waals surface area contributed by atoms with Crippen molar-refractivity contribution in [1.29, 1.82) is 0 Å². The van der Waals surface area contributed by atoms with Gasteiger partial charge in [0.1, 0.15) is 5.82 Å². The topological polar surface area (TPSA) is 63.2 Å². The molecule has 5 nitrogen and oxygen atoms in total. The minimum atomic E-state index is -0.0836. The predicted octanol–water partition coefficient (Wildman–Crippen LogP) is 2.17. The number of anilines is 1. The second kappa shape index (κ2) is 7.21. The van der Waals surface area contributed by atoms with Crippen LogP contribution in [0.2, 0.25) is 0 Å². The summed E-state index contributed by atoms with van der Waals surface area (Å²) in [4.78, 5) is 16.0. The van der Waals surface area contributed by atoms with Gasteiger partial charge in [0, 0.05) is 23.5 Å². The Morgan fingerprint density at radius 3 is 3.00 bits per heavy atom. The SMILES string of the molecule is COCCNC(=O)CNc1ccc2cc(Br)ccc2n1. The van der Waals surface area contributed by atoms with Crippen molar-refractivity contribution in [3.05, 3.63) is 34.8 Å². The van der Waals surface area contributed by atoms with Crippen molar-refractivity contribution in [2.45, 2.75) is 0 Å². The summed E-state index contributed by atoms with van der Waals surface area (Å²) in [6.45, 7) is 1.21. The summed E-state index contributed by atoms with van der Waals surface area (Å²) >= 11 is 3.42. The van der Waals surface area contributed by atoms with Crippen LogP contribution in [0.3, 0.4) is 0 Å². The molecule has 0 aliphatic heterocycles. The van der Waals surface area contributed by atoms with Crippen LogP contribution in [0.15, 0.2) is 34.8 Å². The average Bonchev–Trinajstić information content (AvgIpc) is 2.45. The van der Waals surface area contributed by atoms with Crippen LogP contribution in [-0.4, -0.2) is 37.7 Å². The summed E-state index contributed by atoms with van der Waals surface area (Å²) in [5.41, 5.74) is 0.887. The number of amides is 1. The summed E-state index contributed by atoms with van der Waals surface area (Å²) in [5.74, 6) is 0.599. The first kappa shape index (κ1) is 14.7. The molecule has 0 atom stereocenters. The molecule has 106 valence electrons. The third kappa shape index (κ3) is 4.18. The molecule has 0 unspecified atom stereocenters. The molecule has 0 fully saturated rings. The highest BCUT2D eigenvalue weighted by Gasteiger charge is 2.02. The van der Waals surface area contributed by atoms with Crippen molar-refractivity contribution in [2.75, 3.05) is 32.1 Å². The van der Waals surface area contributed by atoms with E-state index in [9.17, 15) is 4.79 Å². The van der Waals surface area contributed by atoms with Gasteiger partial charge in [-0.3, -0.25) is 4.79 Å². The number of carbonyl (C=O) groups is 1. The van der Waals surface area contributed by atoms with Gasteiger partial charge in [-0.15, -0.1) is 0 Å². The number of nitrogens with zero attached hydrogens (tertiary/aromatic N) is 1. The molecule has 0 saturated carbocycles. The minimum Gasteiger partial charge on any atom is -0.383 e. The fourth-order valence-electron chi connectivity index (χ4n) is 1.72. The highest BCUT2D eigenvalue weighted by atomic mass is 79.9.